The van der Waals surface area contributed by atoms with Crippen molar-refractivity contribution in [1.82, 2.24) is 5.32 Å². The summed E-state index contributed by atoms with van der Waals surface area (Å²) in [6.45, 7) is 0.523. The zero-order chi connectivity index (χ0) is 19.7. The zero-order valence-electron chi connectivity index (χ0n) is 15.2. The first-order valence-corrected chi connectivity index (χ1v) is 10.4. The maximum Gasteiger partial charge on any atom is 0.269 e. The highest BCUT2D eigenvalue weighted by molar-refractivity contribution is 9.11. The topological polar surface area (TPSA) is 58.5 Å². The van der Waals surface area contributed by atoms with Crippen molar-refractivity contribution in [2.45, 2.75) is 13.0 Å². The summed E-state index contributed by atoms with van der Waals surface area (Å²) in [5.41, 5.74) is 5.59. The minimum absolute atomic E-state index is 0.125. The second-order valence-corrected chi connectivity index (χ2v) is 8.98. The summed E-state index contributed by atoms with van der Waals surface area (Å²) >= 11 is 4.85. The Kier molecular flexibility index (Phi) is 5.24. The van der Waals surface area contributed by atoms with Gasteiger partial charge in [0, 0.05) is 19.0 Å². The smallest absolute Gasteiger partial charge is 0.269 e. The summed E-state index contributed by atoms with van der Waals surface area (Å²) < 4.78 is 0.964. The Morgan fingerprint density at radius 3 is 2.50 bits per heavy atom. The fourth-order valence-electron chi connectivity index (χ4n) is 3.25. The molecule has 1 amide bonds. The molecule has 0 fully saturated rings. The number of carbonyl (C=O) groups excluding carboxylic acids is 2. The number of nitrogens with one attached hydrogen (secondary N) is 1. The summed E-state index contributed by atoms with van der Waals surface area (Å²) in [5.74, 6) is -0.0295. The van der Waals surface area contributed by atoms with E-state index in [-0.39, 0.29) is 11.7 Å². The fourth-order valence-corrected chi connectivity index (χ4v) is 4.57. The molecule has 1 N–H and O–H groups in total. The molecule has 4 nitrogen and oxygen atoms in total. The van der Waals surface area contributed by atoms with Crippen molar-refractivity contribution in [2.75, 3.05) is 7.05 Å². The summed E-state index contributed by atoms with van der Waals surface area (Å²) in [7, 11) is 1.61. The molecule has 2 aromatic carbocycles. The van der Waals surface area contributed by atoms with Crippen LogP contribution in [-0.2, 0) is 17.8 Å². The van der Waals surface area contributed by atoms with Crippen LogP contribution in [0.15, 0.2) is 63.4 Å². The average molecular weight is 453 g/mol. The summed E-state index contributed by atoms with van der Waals surface area (Å²) in [6.07, 6.45) is 0.390. The molecular weight excluding hydrogens is 436 g/mol. The maximum absolute atomic E-state index is 12.4. The third-order valence-corrected chi connectivity index (χ3v) is 6.37. The van der Waals surface area contributed by atoms with Gasteiger partial charge in [-0.3, -0.25) is 14.6 Å². The van der Waals surface area contributed by atoms with Crippen LogP contribution in [0, 0.1) is 0 Å². The number of rotatable bonds is 5. The molecule has 4 rings (SSSR count). The van der Waals surface area contributed by atoms with Crippen molar-refractivity contribution >= 4 is 44.7 Å². The van der Waals surface area contributed by atoms with Gasteiger partial charge in [0.2, 0.25) is 0 Å². The van der Waals surface area contributed by atoms with Gasteiger partial charge in [0.05, 0.1) is 15.2 Å². The van der Waals surface area contributed by atoms with Gasteiger partial charge in [-0.15, -0.1) is 11.3 Å². The summed E-state index contributed by atoms with van der Waals surface area (Å²) in [5, 5.41) is 2.63. The van der Waals surface area contributed by atoms with E-state index in [1.807, 2.05) is 48.5 Å². The van der Waals surface area contributed by atoms with Crippen molar-refractivity contribution < 1.29 is 9.59 Å². The van der Waals surface area contributed by atoms with E-state index in [0.717, 1.165) is 36.5 Å². The van der Waals surface area contributed by atoms with E-state index in [9.17, 15) is 9.59 Å². The third-order valence-electron chi connectivity index (χ3n) is 4.71. The van der Waals surface area contributed by atoms with Crippen LogP contribution < -0.4 is 5.32 Å². The van der Waals surface area contributed by atoms with Crippen LogP contribution in [0.1, 0.15) is 26.4 Å². The molecule has 0 bridgehead atoms. The Hall–Kier alpha value is -2.57. The molecule has 0 spiro atoms. The highest BCUT2D eigenvalue weighted by Crippen LogP contribution is 2.28. The number of fused-ring (bicyclic) bond motifs is 1. The number of likely N-dealkylation sites (N-methyl/N-ethyl adjacent to an activating group) is 1. The van der Waals surface area contributed by atoms with Gasteiger partial charge < -0.3 is 5.32 Å². The van der Waals surface area contributed by atoms with Crippen molar-refractivity contribution in [3.05, 3.63) is 80.0 Å². The summed E-state index contributed by atoms with van der Waals surface area (Å²) in [6, 6.07) is 17.8. The van der Waals surface area contributed by atoms with Crippen molar-refractivity contribution in [3.8, 4) is 11.1 Å². The lowest BCUT2D eigenvalue weighted by Crippen LogP contribution is -2.27. The molecule has 0 saturated heterocycles. The van der Waals surface area contributed by atoms with Gasteiger partial charge in [-0.1, -0.05) is 36.4 Å². The number of amides is 1. The molecule has 0 unspecified atom stereocenters. The molecule has 2 heterocycles. The predicted octanol–water partition coefficient (Wildman–Crippen LogP) is 4.65. The second-order valence-electron chi connectivity index (χ2n) is 6.52. The van der Waals surface area contributed by atoms with Crippen LogP contribution in [0.4, 0.5) is 0 Å². The highest BCUT2D eigenvalue weighted by Gasteiger charge is 2.21. The first-order valence-electron chi connectivity index (χ1n) is 8.83. The third kappa shape index (κ3) is 3.70. The van der Waals surface area contributed by atoms with Crippen molar-refractivity contribution in [3.63, 3.8) is 0 Å². The number of hydrogen-bond acceptors (Lipinski definition) is 4. The molecule has 6 heteroatoms. The first-order chi connectivity index (χ1) is 13.5. The van der Waals surface area contributed by atoms with Crippen LogP contribution in [-0.4, -0.2) is 24.4 Å². The van der Waals surface area contributed by atoms with E-state index >= 15 is 0 Å². The minimum atomic E-state index is -0.154. The Morgan fingerprint density at radius 2 is 1.82 bits per heavy atom. The molecule has 0 aliphatic carbocycles. The Morgan fingerprint density at radius 1 is 1.07 bits per heavy atom. The van der Waals surface area contributed by atoms with Gasteiger partial charge in [0.15, 0.2) is 5.78 Å². The molecule has 0 saturated carbocycles. The van der Waals surface area contributed by atoms with Crippen LogP contribution in [0.5, 0.6) is 0 Å². The maximum atomic E-state index is 12.4. The number of carbonyl (C=O) groups is 2. The normalized spacial score (nSPS) is 12.4. The zero-order valence-corrected chi connectivity index (χ0v) is 17.6. The average Bonchev–Trinajstić information content (AvgIpc) is 3.33. The quantitative estimate of drug-likeness (QED) is 0.572. The number of halogens is 1. The monoisotopic (exact) mass is 452 g/mol. The van der Waals surface area contributed by atoms with Crippen LogP contribution >= 0.6 is 27.3 Å². The number of Topliss-reactive ketones (excluding diaryl/α,β-unsaturated/α-hetero) is 1. The van der Waals surface area contributed by atoms with Crippen LogP contribution in [0.25, 0.3) is 11.1 Å². The van der Waals surface area contributed by atoms with Crippen LogP contribution in [0.2, 0.25) is 0 Å². The molecule has 3 aromatic rings. The number of thiophene rings is 1. The number of hydrogen-bond donors (Lipinski definition) is 1. The van der Waals surface area contributed by atoms with Gasteiger partial charge in [0.1, 0.15) is 5.71 Å². The molecule has 1 aliphatic heterocycles. The largest absolute Gasteiger partial charge is 0.354 e. The van der Waals surface area contributed by atoms with Gasteiger partial charge >= 0.3 is 0 Å². The molecule has 140 valence electrons. The van der Waals surface area contributed by atoms with Crippen molar-refractivity contribution in [1.29, 1.82) is 0 Å². The fraction of sp³-hybridized carbons (Fsp3) is 0.136. The van der Waals surface area contributed by atoms with Gasteiger partial charge in [-0.05, 0) is 56.4 Å². The Bertz CT molecular complexity index is 1100. The lowest BCUT2D eigenvalue weighted by molar-refractivity contribution is -0.114. The lowest BCUT2D eigenvalue weighted by atomic mass is 9.97. The Labute approximate surface area is 175 Å². The Balaban J connectivity index is 1.50. The molecule has 1 aromatic heterocycles. The van der Waals surface area contributed by atoms with Crippen molar-refractivity contribution in [2.24, 2.45) is 4.99 Å². The van der Waals surface area contributed by atoms with Gasteiger partial charge in [-0.2, -0.15) is 0 Å². The van der Waals surface area contributed by atoms with E-state index < -0.39 is 0 Å². The predicted molar refractivity (Wildman–Crippen MR) is 116 cm³/mol. The van der Waals surface area contributed by atoms with Gasteiger partial charge in [-0.25, -0.2) is 0 Å². The lowest BCUT2D eigenvalue weighted by Gasteiger charge is -2.07. The number of benzene rings is 2. The SMILES string of the molecule is CNC(=O)C1=NCc2cc(-c3ccc(CC(=O)c4ccc(Br)s4)cc3)ccc21. The molecular formula is C22H17BrN2O2S. The molecule has 1 aliphatic rings. The molecule has 0 radical (unpaired) electrons. The minimum Gasteiger partial charge on any atom is -0.354 e. The van der Waals surface area contributed by atoms with Crippen LogP contribution in [0.3, 0.4) is 0 Å². The highest BCUT2D eigenvalue weighted by atomic mass is 79.9. The number of ketones is 1. The van der Waals surface area contributed by atoms with E-state index in [0.29, 0.717) is 18.7 Å². The number of aliphatic imine (C=N–C) groups is 1. The standard InChI is InChI=1S/C22H17BrN2O2S/c1-24-22(27)21-17-7-6-15(11-16(17)12-25-21)14-4-2-13(3-5-14)10-18(26)19-8-9-20(23)28-19/h2-9,11H,10,12H2,1H3,(H,24,27). The van der Waals surface area contributed by atoms with Gasteiger partial charge in [0.25, 0.3) is 5.91 Å². The first kappa shape index (κ1) is 18.8. The number of nitrogens with zero attached hydrogens (tertiary/aromatic N) is 1. The molecule has 0 atom stereocenters. The summed E-state index contributed by atoms with van der Waals surface area (Å²) in [4.78, 5) is 29.4. The van der Waals surface area contributed by atoms with E-state index in [2.05, 4.69) is 32.3 Å². The van der Waals surface area contributed by atoms with E-state index in [1.165, 1.54) is 11.3 Å². The second kappa shape index (κ2) is 7.81. The van der Waals surface area contributed by atoms with E-state index in [1.54, 1.807) is 7.05 Å². The molecule has 28 heavy (non-hydrogen) atoms. The van der Waals surface area contributed by atoms with E-state index in [4.69, 9.17) is 0 Å².